The number of benzene rings is 1. The molecule has 0 radical (unpaired) electrons. The molecule has 23 heavy (non-hydrogen) atoms. The number of ether oxygens (including phenoxy) is 1. The van der Waals surface area contributed by atoms with Crippen LogP contribution in [0, 0.1) is 0 Å². The minimum Gasteiger partial charge on any atom is -0.476 e. The zero-order chi connectivity index (χ0) is 16.4. The Morgan fingerprint density at radius 1 is 1.13 bits per heavy atom. The quantitative estimate of drug-likeness (QED) is 0.822. The Hall–Kier alpha value is -1.76. The molecule has 2 aliphatic rings. The van der Waals surface area contributed by atoms with Gasteiger partial charge in [-0.15, -0.1) is 0 Å². The van der Waals surface area contributed by atoms with Gasteiger partial charge in [-0.1, -0.05) is 25.0 Å². The Bertz CT molecular complexity index is 681. The van der Waals surface area contributed by atoms with Gasteiger partial charge in [0.25, 0.3) is 5.91 Å². The third kappa shape index (κ3) is 3.44. The van der Waals surface area contributed by atoms with E-state index in [0.29, 0.717) is 11.4 Å². The molecule has 2 aliphatic heterocycles. The smallest absolute Gasteiger partial charge is 0.265 e. The van der Waals surface area contributed by atoms with Gasteiger partial charge in [-0.2, -0.15) is 0 Å². The van der Waals surface area contributed by atoms with Gasteiger partial charge in [0.2, 0.25) is 10.0 Å². The van der Waals surface area contributed by atoms with Crippen molar-refractivity contribution in [1.82, 2.24) is 4.90 Å². The van der Waals surface area contributed by atoms with Crippen LogP contribution in [-0.2, 0) is 14.8 Å². The van der Waals surface area contributed by atoms with Gasteiger partial charge in [0.15, 0.2) is 6.10 Å². The van der Waals surface area contributed by atoms with Crippen LogP contribution >= 0.6 is 0 Å². The largest absolute Gasteiger partial charge is 0.476 e. The van der Waals surface area contributed by atoms with Crippen molar-refractivity contribution in [1.29, 1.82) is 0 Å². The van der Waals surface area contributed by atoms with Crippen molar-refractivity contribution in [3.8, 4) is 5.75 Å². The molecule has 126 valence electrons. The van der Waals surface area contributed by atoms with Gasteiger partial charge in [-0.05, 0) is 25.0 Å². The molecular formula is C16H22N2O4S. The lowest BCUT2D eigenvalue weighted by atomic mass is 10.2. The summed E-state index contributed by atoms with van der Waals surface area (Å²) in [6.07, 6.45) is 4.62. The van der Waals surface area contributed by atoms with Crippen LogP contribution in [0.3, 0.4) is 0 Å². The van der Waals surface area contributed by atoms with Crippen LogP contribution < -0.4 is 9.04 Å². The number of carbonyl (C=O) groups is 1. The first-order valence-corrected chi connectivity index (χ1v) is 9.84. The van der Waals surface area contributed by atoms with Crippen LogP contribution in [0.25, 0.3) is 0 Å². The topological polar surface area (TPSA) is 66.9 Å². The maximum atomic E-state index is 12.8. The fourth-order valence-electron chi connectivity index (χ4n) is 3.14. The van der Waals surface area contributed by atoms with E-state index in [4.69, 9.17) is 4.74 Å². The molecule has 0 N–H and O–H groups in total. The summed E-state index contributed by atoms with van der Waals surface area (Å²) in [7, 11) is -3.46. The van der Waals surface area contributed by atoms with Gasteiger partial charge in [-0.25, -0.2) is 8.42 Å². The zero-order valence-electron chi connectivity index (χ0n) is 13.3. The molecule has 0 aliphatic carbocycles. The number of fused-ring (bicyclic) bond motifs is 1. The molecule has 0 bridgehead atoms. The van der Waals surface area contributed by atoms with Crippen LogP contribution in [0.1, 0.15) is 25.7 Å². The highest BCUT2D eigenvalue weighted by atomic mass is 32.2. The number of sulfonamides is 1. The summed E-state index contributed by atoms with van der Waals surface area (Å²) in [6.45, 7) is 1.48. The number of anilines is 1. The first kappa shape index (κ1) is 16.1. The van der Waals surface area contributed by atoms with Gasteiger partial charge < -0.3 is 9.64 Å². The molecule has 0 unspecified atom stereocenters. The third-order valence-corrected chi connectivity index (χ3v) is 5.47. The highest BCUT2D eigenvalue weighted by Gasteiger charge is 2.36. The van der Waals surface area contributed by atoms with Crippen molar-refractivity contribution in [3.05, 3.63) is 24.3 Å². The molecule has 1 aromatic rings. The van der Waals surface area contributed by atoms with Gasteiger partial charge in [0.1, 0.15) is 5.75 Å². The number of hydrogen-bond donors (Lipinski definition) is 0. The lowest BCUT2D eigenvalue weighted by Crippen LogP contribution is -2.51. The predicted octanol–water partition coefficient (Wildman–Crippen LogP) is 1.62. The van der Waals surface area contributed by atoms with E-state index >= 15 is 0 Å². The van der Waals surface area contributed by atoms with Crippen molar-refractivity contribution in [2.24, 2.45) is 0 Å². The Balaban J connectivity index is 1.86. The zero-order valence-corrected chi connectivity index (χ0v) is 14.1. The molecule has 1 fully saturated rings. The van der Waals surface area contributed by atoms with E-state index in [1.807, 2.05) is 4.90 Å². The van der Waals surface area contributed by atoms with E-state index in [2.05, 4.69) is 0 Å². The van der Waals surface area contributed by atoms with E-state index < -0.39 is 16.1 Å². The average Bonchev–Trinajstić information content (AvgIpc) is 2.81. The Morgan fingerprint density at radius 3 is 2.43 bits per heavy atom. The average molecular weight is 338 g/mol. The molecule has 7 heteroatoms. The summed E-state index contributed by atoms with van der Waals surface area (Å²) in [5, 5.41) is 0. The molecule has 2 heterocycles. The predicted molar refractivity (Wildman–Crippen MR) is 88.1 cm³/mol. The first-order valence-electron chi connectivity index (χ1n) is 7.99. The second-order valence-corrected chi connectivity index (χ2v) is 8.01. The second kappa shape index (κ2) is 6.39. The normalized spacial score (nSPS) is 22.0. The number of hydrogen-bond acceptors (Lipinski definition) is 4. The van der Waals surface area contributed by atoms with Gasteiger partial charge in [0.05, 0.1) is 18.5 Å². The maximum absolute atomic E-state index is 12.8. The summed E-state index contributed by atoms with van der Waals surface area (Å²) in [5.41, 5.74) is 0.495. The van der Waals surface area contributed by atoms with E-state index in [1.54, 1.807) is 24.3 Å². The van der Waals surface area contributed by atoms with Crippen molar-refractivity contribution in [3.63, 3.8) is 0 Å². The number of amides is 1. The second-order valence-electron chi connectivity index (χ2n) is 6.11. The first-order chi connectivity index (χ1) is 11.0. The van der Waals surface area contributed by atoms with Crippen molar-refractivity contribution in [2.45, 2.75) is 31.8 Å². The standard InChI is InChI=1S/C16H22N2O4S/c1-23(20,21)18-12-15(22-14-9-5-4-8-13(14)18)16(19)17-10-6-2-3-7-11-17/h4-5,8-9,15H,2-3,6-7,10-12H2,1H3/t15-/m0/s1. The molecule has 3 rings (SSSR count). The van der Waals surface area contributed by atoms with E-state index in [0.717, 1.165) is 45.0 Å². The fourth-order valence-corrected chi connectivity index (χ4v) is 4.05. The maximum Gasteiger partial charge on any atom is 0.265 e. The molecule has 1 saturated heterocycles. The van der Waals surface area contributed by atoms with Crippen LogP contribution in [-0.4, -0.2) is 51.2 Å². The fraction of sp³-hybridized carbons (Fsp3) is 0.562. The van der Waals surface area contributed by atoms with Gasteiger partial charge >= 0.3 is 0 Å². The third-order valence-electron chi connectivity index (χ3n) is 4.33. The van der Waals surface area contributed by atoms with Crippen molar-refractivity contribution < 1.29 is 17.9 Å². The number of likely N-dealkylation sites (tertiary alicyclic amines) is 1. The monoisotopic (exact) mass is 338 g/mol. The van der Waals surface area contributed by atoms with Crippen LogP contribution in [0.2, 0.25) is 0 Å². The number of rotatable bonds is 2. The molecule has 1 atom stereocenters. The lowest BCUT2D eigenvalue weighted by Gasteiger charge is -2.36. The Labute approximate surface area is 137 Å². The van der Waals surface area contributed by atoms with Crippen LogP contribution in [0.15, 0.2) is 24.3 Å². The summed E-state index contributed by atoms with van der Waals surface area (Å²) in [5.74, 6) is 0.326. The number of nitrogens with zero attached hydrogens (tertiary/aromatic N) is 2. The van der Waals surface area contributed by atoms with E-state index in [1.165, 1.54) is 4.31 Å². The number of para-hydroxylation sites is 2. The summed E-state index contributed by atoms with van der Waals surface area (Å²) >= 11 is 0. The van der Waals surface area contributed by atoms with Crippen LogP contribution in [0.5, 0.6) is 5.75 Å². The van der Waals surface area contributed by atoms with E-state index in [9.17, 15) is 13.2 Å². The Morgan fingerprint density at radius 2 is 1.78 bits per heavy atom. The van der Waals surface area contributed by atoms with Gasteiger partial charge in [-0.3, -0.25) is 9.10 Å². The summed E-state index contributed by atoms with van der Waals surface area (Å²) < 4.78 is 31.3. The number of carbonyl (C=O) groups excluding carboxylic acids is 1. The lowest BCUT2D eigenvalue weighted by molar-refractivity contribution is -0.138. The Kier molecular flexibility index (Phi) is 4.48. The van der Waals surface area contributed by atoms with Crippen LogP contribution in [0.4, 0.5) is 5.69 Å². The van der Waals surface area contributed by atoms with Gasteiger partial charge in [0, 0.05) is 13.1 Å². The molecule has 0 aromatic heterocycles. The molecule has 1 aromatic carbocycles. The molecule has 0 saturated carbocycles. The highest BCUT2D eigenvalue weighted by molar-refractivity contribution is 7.92. The van der Waals surface area contributed by atoms with Crippen molar-refractivity contribution in [2.75, 3.05) is 30.2 Å². The van der Waals surface area contributed by atoms with Crippen molar-refractivity contribution >= 4 is 21.6 Å². The molecule has 0 spiro atoms. The van der Waals surface area contributed by atoms with E-state index in [-0.39, 0.29) is 12.5 Å². The minimum absolute atomic E-state index is 0.0329. The molecule has 6 nitrogen and oxygen atoms in total. The summed E-state index contributed by atoms with van der Waals surface area (Å²) in [6, 6.07) is 6.94. The highest BCUT2D eigenvalue weighted by Crippen LogP contribution is 2.35. The molecule has 1 amide bonds. The SMILES string of the molecule is CS(=O)(=O)N1C[C@@H](C(=O)N2CCCCCC2)Oc2ccccc21. The minimum atomic E-state index is -3.46. The molecular weight excluding hydrogens is 316 g/mol. The summed E-state index contributed by atoms with van der Waals surface area (Å²) in [4.78, 5) is 14.6.